The fraction of sp³-hybridized carbons (Fsp3) is 0.312. The Bertz CT molecular complexity index is 1300. The van der Waals surface area contributed by atoms with Crippen LogP contribution in [0.4, 0.5) is 0 Å². The van der Waals surface area contributed by atoms with Gasteiger partial charge < -0.3 is 15.2 Å². The third-order valence-electron chi connectivity index (χ3n) is 6.51. The van der Waals surface area contributed by atoms with Crippen molar-refractivity contribution < 1.29 is 14.6 Å². The minimum Gasteiger partial charge on any atom is -0.506 e. The standard InChI is InChI=1S/C32H36N2O3/c1-2-3-4-5-9-20-37-30-17-16-26(32(36)34-19-10-14-24-12-7-6-8-13-24)22-28(30)27-21-25-15-11-18-33-31(25)29(35)23-27/h6-8,11-13,15-18,21-23,35H,2-5,9-10,14,19-20H2,1H3,(H,34,36). The molecule has 4 aromatic rings. The van der Waals surface area contributed by atoms with Crippen molar-refractivity contribution in [1.82, 2.24) is 10.3 Å². The molecule has 37 heavy (non-hydrogen) atoms. The number of hydrogen-bond donors (Lipinski definition) is 2. The highest BCUT2D eigenvalue weighted by atomic mass is 16.5. The van der Waals surface area contributed by atoms with Gasteiger partial charge in [-0.05, 0) is 66.8 Å². The van der Waals surface area contributed by atoms with E-state index in [0.717, 1.165) is 42.2 Å². The number of hydrogen-bond acceptors (Lipinski definition) is 4. The molecule has 0 saturated heterocycles. The monoisotopic (exact) mass is 496 g/mol. The van der Waals surface area contributed by atoms with E-state index in [9.17, 15) is 9.90 Å². The molecule has 0 bridgehead atoms. The molecule has 1 heterocycles. The molecule has 0 fully saturated rings. The second-order valence-electron chi connectivity index (χ2n) is 9.39. The summed E-state index contributed by atoms with van der Waals surface area (Å²) in [6.07, 6.45) is 9.23. The number of phenols is 1. The maximum Gasteiger partial charge on any atom is 0.251 e. The molecule has 5 nitrogen and oxygen atoms in total. The lowest BCUT2D eigenvalue weighted by atomic mass is 9.99. The normalized spacial score (nSPS) is 10.9. The van der Waals surface area contributed by atoms with Crippen LogP contribution in [0.2, 0.25) is 0 Å². The minimum absolute atomic E-state index is 0.106. The molecule has 0 unspecified atom stereocenters. The smallest absolute Gasteiger partial charge is 0.251 e. The lowest BCUT2D eigenvalue weighted by molar-refractivity contribution is 0.0953. The van der Waals surface area contributed by atoms with Crippen LogP contribution in [0.3, 0.4) is 0 Å². The summed E-state index contributed by atoms with van der Waals surface area (Å²) in [4.78, 5) is 17.3. The highest BCUT2D eigenvalue weighted by Crippen LogP contribution is 2.36. The van der Waals surface area contributed by atoms with Crippen molar-refractivity contribution in [3.05, 3.63) is 90.1 Å². The summed E-state index contributed by atoms with van der Waals surface area (Å²) < 4.78 is 6.18. The van der Waals surface area contributed by atoms with Crippen molar-refractivity contribution in [2.45, 2.75) is 51.9 Å². The van der Waals surface area contributed by atoms with Crippen molar-refractivity contribution in [2.24, 2.45) is 0 Å². The largest absolute Gasteiger partial charge is 0.506 e. The van der Waals surface area contributed by atoms with Crippen LogP contribution in [0.15, 0.2) is 79.0 Å². The zero-order valence-corrected chi connectivity index (χ0v) is 21.6. The number of nitrogens with one attached hydrogen (secondary N) is 1. The number of aromatic nitrogens is 1. The molecule has 2 N–H and O–H groups in total. The van der Waals surface area contributed by atoms with Crippen LogP contribution in [0, 0.1) is 0 Å². The average Bonchev–Trinajstić information content (AvgIpc) is 2.93. The van der Waals surface area contributed by atoms with Crippen LogP contribution in [0.1, 0.15) is 61.4 Å². The van der Waals surface area contributed by atoms with Gasteiger partial charge in [0.2, 0.25) is 0 Å². The van der Waals surface area contributed by atoms with Gasteiger partial charge in [0, 0.05) is 29.3 Å². The molecule has 5 heteroatoms. The van der Waals surface area contributed by atoms with Gasteiger partial charge in [0.1, 0.15) is 17.0 Å². The fourth-order valence-corrected chi connectivity index (χ4v) is 4.48. The number of carbonyl (C=O) groups is 1. The van der Waals surface area contributed by atoms with Crippen LogP contribution in [-0.2, 0) is 6.42 Å². The van der Waals surface area contributed by atoms with Crippen LogP contribution in [0.5, 0.6) is 11.5 Å². The lowest BCUT2D eigenvalue weighted by Crippen LogP contribution is -2.24. The molecule has 0 aliphatic carbocycles. The van der Waals surface area contributed by atoms with Gasteiger partial charge in [-0.3, -0.25) is 9.78 Å². The number of ether oxygens (including phenoxy) is 1. The minimum atomic E-state index is -0.118. The lowest BCUT2D eigenvalue weighted by Gasteiger charge is -2.15. The Morgan fingerprint density at radius 1 is 0.919 bits per heavy atom. The molecule has 0 aliphatic heterocycles. The zero-order chi connectivity index (χ0) is 25.9. The molecule has 0 aliphatic rings. The number of unbranched alkanes of at least 4 members (excludes halogenated alkanes) is 4. The summed E-state index contributed by atoms with van der Waals surface area (Å²) in [6.45, 7) is 3.42. The van der Waals surface area contributed by atoms with E-state index < -0.39 is 0 Å². The SMILES string of the molecule is CCCCCCCOc1ccc(C(=O)NCCCc2ccccc2)cc1-c1cc(O)c2ncccc2c1. The summed E-state index contributed by atoms with van der Waals surface area (Å²) in [5.74, 6) is 0.695. The molecule has 1 amide bonds. The number of amides is 1. The Kier molecular flexibility index (Phi) is 9.53. The van der Waals surface area contributed by atoms with E-state index in [-0.39, 0.29) is 11.7 Å². The number of aryl methyl sites for hydroxylation is 1. The summed E-state index contributed by atoms with van der Waals surface area (Å²) in [6, 6.07) is 23.3. The molecule has 192 valence electrons. The molecule has 0 radical (unpaired) electrons. The maximum atomic E-state index is 13.0. The molecule has 0 spiro atoms. The number of carbonyl (C=O) groups excluding carboxylic acids is 1. The Labute approximate surface area is 219 Å². The average molecular weight is 497 g/mol. The van der Waals surface area contributed by atoms with Gasteiger partial charge in [-0.15, -0.1) is 0 Å². The predicted molar refractivity (Wildman–Crippen MR) is 150 cm³/mol. The maximum absolute atomic E-state index is 13.0. The summed E-state index contributed by atoms with van der Waals surface area (Å²) in [7, 11) is 0. The van der Waals surface area contributed by atoms with E-state index in [1.54, 1.807) is 12.3 Å². The number of fused-ring (bicyclic) bond motifs is 1. The quantitative estimate of drug-likeness (QED) is 0.190. The molecular weight excluding hydrogens is 460 g/mol. The van der Waals surface area contributed by atoms with E-state index in [1.807, 2.05) is 54.6 Å². The van der Waals surface area contributed by atoms with E-state index in [2.05, 4.69) is 29.4 Å². The third kappa shape index (κ3) is 7.32. The van der Waals surface area contributed by atoms with Gasteiger partial charge in [0.15, 0.2) is 0 Å². The van der Waals surface area contributed by atoms with Gasteiger partial charge >= 0.3 is 0 Å². The highest BCUT2D eigenvalue weighted by molar-refractivity contribution is 5.97. The van der Waals surface area contributed by atoms with Gasteiger partial charge in [-0.1, -0.05) is 69.0 Å². The van der Waals surface area contributed by atoms with Gasteiger partial charge in [0.05, 0.1) is 6.61 Å². The predicted octanol–water partition coefficient (Wildman–Crippen LogP) is 7.32. The zero-order valence-electron chi connectivity index (χ0n) is 21.6. The van der Waals surface area contributed by atoms with Crippen molar-refractivity contribution in [2.75, 3.05) is 13.2 Å². The summed E-state index contributed by atoms with van der Waals surface area (Å²) in [5.41, 5.74) is 3.96. The van der Waals surface area contributed by atoms with Crippen LogP contribution in [0.25, 0.3) is 22.0 Å². The van der Waals surface area contributed by atoms with E-state index in [1.165, 1.54) is 24.8 Å². The van der Waals surface area contributed by atoms with Gasteiger partial charge in [-0.2, -0.15) is 0 Å². The first kappa shape index (κ1) is 26.2. The number of aromatic hydroxyl groups is 1. The molecule has 0 atom stereocenters. The van der Waals surface area contributed by atoms with Crippen LogP contribution < -0.4 is 10.1 Å². The Hall–Kier alpha value is -3.86. The number of nitrogens with zero attached hydrogens (tertiary/aromatic N) is 1. The van der Waals surface area contributed by atoms with E-state index in [0.29, 0.717) is 30.0 Å². The van der Waals surface area contributed by atoms with Crippen LogP contribution >= 0.6 is 0 Å². The fourth-order valence-electron chi connectivity index (χ4n) is 4.48. The molecular formula is C32H36N2O3. The van der Waals surface area contributed by atoms with Gasteiger partial charge in [0.25, 0.3) is 5.91 Å². The van der Waals surface area contributed by atoms with Gasteiger partial charge in [-0.25, -0.2) is 0 Å². The van der Waals surface area contributed by atoms with E-state index in [4.69, 9.17) is 4.74 Å². The van der Waals surface area contributed by atoms with Crippen molar-refractivity contribution >= 4 is 16.8 Å². The first-order chi connectivity index (χ1) is 18.2. The Morgan fingerprint density at radius 3 is 2.59 bits per heavy atom. The number of pyridine rings is 1. The number of benzene rings is 3. The van der Waals surface area contributed by atoms with Crippen LogP contribution in [-0.4, -0.2) is 29.1 Å². The van der Waals surface area contributed by atoms with Crippen molar-refractivity contribution in [3.63, 3.8) is 0 Å². The van der Waals surface area contributed by atoms with E-state index >= 15 is 0 Å². The number of rotatable bonds is 13. The first-order valence-corrected chi connectivity index (χ1v) is 13.3. The molecule has 0 saturated carbocycles. The first-order valence-electron chi connectivity index (χ1n) is 13.3. The highest BCUT2D eigenvalue weighted by Gasteiger charge is 2.15. The third-order valence-corrected chi connectivity index (χ3v) is 6.51. The molecule has 1 aromatic heterocycles. The van der Waals surface area contributed by atoms with Crippen molar-refractivity contribution in [3.8, 4) is 22.6 Å². The second-order valence-corrected chi connectivity index (χ2v) is 9.39. The molecule has 4 rings (SSSR count). The Balaban J connectivity index is 1.50. The Morgan fingerprint density at radius 2 is 1.76 bits per heavy atom. The summed E-state index contributed by atoms with van der Waals surface area (Å²) >= 11 is 0. The summed E-state index contributed by atoms with van der Waals surface area (Å²) in [5, 5.41) is 14.5. The van der Waals surface area contributed by atoms with Crippen molar-refractivity contribution in [1.29, 1.82) is 0 Å². The molecule has 3 aromatic carbocycles. The second kappa shape index (κ2) is 13.4. The number of phenolic OH excluding ortho intramolecular Hbond substituents is 1. The topological polar surface area (TPSA) is 71.5 Å².